The number of imidazole rings is 1. The first-order valence-electron chi connectivity index (χ1n) is 8.24. The Morgan fingerprint density at radius 1 is 1.32 bits per heavy atom. The molecular formula is C18H21N3O4. The maximum Gasteiger partial charge on any atom is 0.303 e. The Morgan fingerprint density at radius 3 is 2.80 bits per heavy atom. The lowest BCUT2D eigenvalue weighted by atomic mass is 10.1. The summed E-state index contributed by atoms with van der Waals surface area (Å²) in [5.74, 6) is -0.387. The second kappa shape index (κ2) is 7.48. The van der Waals surface area contributed by atoms with Gasteiger partial charge in [-0.25, -0.2) is 4.98 Å². The molecule has 0 radical (unpaired) electrons. The number of nitrogens with one attached hydrogen (secondary N) is 1. The Labute approximate surface area is 145 Å². The van der Waals surface area contributed by atoms with E-state index < -0.39 is 5.97 Å². The molecule has 1 aliphatic rings. The van der Waals surface area contributed by atoms with E-state index in [1.54, 1.807) is 0 Å². The number of benzene rings is 1. The van der Waals surface area contributed by atoms with Crippen LogP contribution in [0.25, 0.3) is 11.3 Å². The second-order valence-electron chi connectivity index (χ2n) is 6.19. The van der Waals surface area contributed by atoms with Crippen LogP contribution in [0.15, 0.2) is 30.5 Å². The highest BCUT2D eigenvalue weighted by Gasteiger charge is 2.21. The SMILES string of the molecule is Cc1ccc(-c2cn3c(n2)COC(CNC(=O)CCC(=O)O)C3)cc1. The number of nitrogens with zero attached hydrogens (tertiary/aromatic N) is 2. The number of aryl methyl sites for hydroxylation is 1. The quantitative estimate of drug-likeness (QED) is 0.833. The average Bonchev–Trinajstić information content (AvgIpc) is 3.02. The van der Waals surface area contributed by atoms with Crippen LogP contribution in [0.5, 0.6) is 0 Å². The summed E-state index contributed by atoms with van der Waals surface area (Å²) in [4.78, 5) is 26.7. The molecule has 2 heterocycles. The van der Waals surface area contributed by atoms with Crippen LogP contribution < -0.4 is 5.32 Å². The summed E-state index contributed by atoms with van der Waals surface area (Å²) < 4.78 is 7.78. The Kier molecular flexibility index (Phi) is 5.14. The number of ether oxygens (including phenoxy) is 1. The highest BCUT2D eigenvalue weighted by atomic mass is 16.5. The van der Waals surface area contributed by atoms with Crippen LogP contribution in [0, 0.1) is 6.92 Å². The Balaban J connectivity index is 1.57. The van der Waals surface area contributed by atoms with E-state index in [9.17, 15) is 9.59 Å². The first-order chi connectivity index (χ1) is 12.0. The van der Waals surface area contributed by atoms with Gasteiger partial charge in [0.25, 0.3) is 0 Å². The topological polar surface area (TPSA) is 93.5 Å². The molecule has 1 atom stereocenters. The van der Waals surface area contributed by atoms with Crippen molar-refractivity contribution >= 4 is 11.9 Å². The summed E-state index contributed by atoms with van der Waals surface area (Å²) in [7, 11) is 0. The Morgan fingerprint density at radius 2 is 2.08 bits per heavy atom. The average molecular weight is 343 g/mol. The first kappa shape index (κ1) is 17.2. The number of fused-ring (bicyclic) bond motifs is 1. The van der Waals surface area contributed by atoms with Crippen molar-refractivity contribution in [2.75, 3.05) is 6.54 Å². The fraction of sp³-hybridized carbons (Fsp3) is 0.389. The standard InChI is InChI=1S/C18H21N3O4/c1-12-2-4-13(5-3-12)15-10-21-9-14(25-11-16(21)20-15)8-19-17(22)6-7-18(23)24/h2-5,10,14H,6-9,11H2,1H3,(H,19,22)(H,23,24). The number of carboxylic acid groups (broad SMARTS) is 1. The van der Waals surface area contributed by atoms with Crippen LogP contribution >= 0.6 is 0 Å². The highest BCUT2D eigenvalue weighted by molar-refractivity contribution is 5.80. The molecule has 2 aromatic rings. The molecule has 1 aromatic heterocycles. The van der Waals surface area contributed by atoms with Crippen LogP contribution in [0.4, 0.5) is 0 Å². The van der Waals surface area contributed by atoms with Gasteiger partial charge < -0.3 is 19.7 Å². The molecule has 25 heavy (non-hydrogen) atoms. The molecule has 0 saturated carbocycles. The van der Waals surface area contributed by atoms with Gasteiger partial charge in [-0.2, -0.15) is 0 Å². The summed E-state index contributed by atoms with van der Waals surface area (Å²) >= 11 is 0. The Hall–Kier alpha value is -2.67. The number of rotatable bonds is 6. The number of aromatic nitrogens is 2. The van der Waals surface area contributed by atoms with Crippen LogP contribution in [0.2, 0.25) is 0 Å². The molecule has 1 amide bonds. The lowest BCUT2D eigenvalue weighted by Crippen LogP contribution is -2.38. The third-order valence-electron chi connectivity index (χ3n) is 4.15. The molecule has 1 aliphatic heterocycles. The largest absolute Gasteiger partial charge is 0.481 e. The third-order valence-corrected chi connectivity index (χ3v) is 4.15. The van der Waals surface area contributed by atoms with Gasteiger partial charge in [0.05, 0.1) is 24.8 Å². The number of carboxylic acids is 1. The van der Waals surface area contributed by atoms with Crippen LogP contribution in [-0.4, -0.2) is 39.2 Å². The summed E-state index contributed by atoms with van der Waals surface area (Å²) in [5.41, 5.74) is 3.17. The van der Waals surface area contributed by atoms with Crippen molar-refractivity contribution in [2.45, 2.75) is 39.0 Å². The van der Waals surface area contributed by atoms with Crippen molar-refractivity contribution < 1.29 is 19.4 Å². The van der Waals surface area contributed by atoms with E-state index in [2.05, 4.69) is 22.4 Å². The maximum absolute atomic E-state index is 11.6. The molecule has 1 unspecified atom stereocenters. The predicted octanol–water partition coefficient (Wildman–Crippen LogP) is 1.74. The molecule has 0 fully saturated rings. The normalized spacial score (nSPS) is 16.3. The van der Waals surface area contributed by atoms with Gasteiger partial charge in [-0.15, -0.1) is 0 Å². The molecule has 3 rings (SSSR count). The van der Waals surface area contributed by atoms with E-state index in [0.717, 1.165) is 17.1 Å². The minimum absolute atomic E-state index is 0.0179. The maximum atomic E-state index is 11.6. The second-order valence-corrected chi connectivity index (χ2v) is 6.19. The van der Waals surface area contributed by atoms with E-state index in [1.165, 1.54) is 5.56 Å². The van der Waals surface area contributed by atoms with Gasteiger partial charge in [0.1, 0.15) is 12.4 Å². The molecular weight excluding hydrogens is 322 g/mol. The minimum Gasteiger partial charge on any atom is -0.481 e. The number of carbonyl (C=O) groups excluding carboxylic acids is 1. The van der Waals surface area contributed by atoms with Gasteiger partial charge in [-0.1, -0.05) is 29.8 Å². The number of aliphatic carboxylic acids is 1. The molecule has 132 valence electrons. The van der Waals surface area contributed by atoms with Crippen molar-refractivity contribution in [1.29, 1.82) is 0 Å². The van der Waals surface area contributed by atoms with Gasteiger partial charge in [-0.05, 0) is 6.92 Å². The fourth-order valence-electron chi connectivity index (χ4n) is 2.72. The van der Waals surface area contributed by atoms with Crippen molar-refractivity contribution in [1.82, 2.24) is 14.9 Å². The third kappa shape index (κ3) is 4.45. The lowest BCUT2D eigenvalue weighted by molar-refractivity contribution is -0.138. The first-order valence-corrected chi connectivity index (χ1v) is 8.24. The molecule has 7 nitrogen and oxygen atoms in total. The van der Waals surface area contributed by atoms with E-state index in [0.29, 0.717) is 19.7 Å². The smallest absolute Gasteiger partial charge is 0.303 e. The van der Waals surface area contributed by atoms with E-state index in [-0.39, 0.29) is 24.9 Å². The van der Waals surface area contributed by atoms with E-state index in [4.69, 9.17) is 9.84 Å². The van der Waals surface area contributed by atoms with Crippen molar-refractivity contribution in [3.05, 3.63) is 41.9 Å². The zero-order valence-electron chi connectivity index (χ0n) is 14.1. The lowest BCUT2D eigenvalue weighted by Gasteiger charge is -2.24. The van der Waals surface area contributed by atoms with Gasteiger partial charge in [0.2, 0.25) is 5.91 Å². The summed E-state index contributed by atoms with van der Waals surface area (Å²) in [6.45, 7) is 3.40. The summed E-state index contributed by atoms with van der Waals surface area (Å²) in [6.07, 6.45) is 1.67. The molecule has 0 spiro atoms. The van der Waals surface area contributed by atoms with Crippen molar-refractivity contribution in [2.24, 2.45) is 0 Å². The number of carbonyl (C=O) groups is 2. The molecule has 0 bridgehead atoms. The minimum atomic E-state index is -0.976. The highest BCUT2D eigenvalue weighted by Crippen LogP contribution is 2.22. The summed E-state index contributed by atoms with van der Waals surface area (Å²) in [6, 6.07) is 8.20. The van der Waals surface area contributed by atoms with Crippen molar-refractivity contribution in [3.8, 4) is 11.3 Å². The molecule has 7 heteroatoms. The fourth-order valence-corrected chi connectivity index (χ4v) is 2.72. The zero-order valence-corrected chi connectivity index (χ0v) is 14.1. The van der Waals surface area contributed by atoms with Gasteiger partial charge in [0.15, 0.2) is 0 Å². The number of amides is 1. The van der Waals surface area contributed by atoms with Gasteiger partial charge >= 0.3 is 5.97 Å². The van der Waals surface area contributed by atoms with Gasteiger partial charge in [-0.3, -0.25) is 9.59 Å². The molecule has 1 aromatic carbocycles. The zero-order chi connectivity index (χ0) is 17.8. The monoisotopic (exact) mass is 343 g/mol. The van der Waals surface area contributed by atoms with Crippen LogP contribution in [0.1, 0.15) is 24.2 Å². The summed E-state index contributed by atoms with van der Waals surface area (Å²) in [5, 5.41) is 11.3. The molecule has 0 aliphatic carbocycles. The van der Waals surface area contributed by atoms with Crippen LogP contribution in [0.3, 0.4) is 0 Å². The number of hydrogen-bond acceptors (Lipinski definition) is 4. The van der Waals surface area contributed by atoms with Crippen molar-refractivity contribution in [3.63, 3.8) is 0 Å². The Bertz CT molecular complexity index is 767. The van der Waals surface area contributed by atoms with Crippen LogP contribution in [-0.2, 0) is 27.5 Å². The van der Waals surface area contributed by atoms with Gasteiger partial charge in [0, 0.05) is 24.7 Å². The molecule has 2 N–H and O–H groups in total. The van der Waals surface area contributed by atoms with E-state index in [1.807, 2.05) is 29.8 Å². The molecule has 0 saturated heterocycles. The number of hydrogen-bond donors (Lipinski definition) is 2. The van der Waals surface area contributed by atoms with E-state index >= 15 is 0 Å². The predicted molar refractivity (Wildman–Crippen MR) is 90.9 cm³/mol.